The fourth-order valence-corrected chi connectivity index (χ4v) is 4.51. The summed E-state index contributed by atoms with van der Waals surface area (Å²) in [6.07, 6.45) is 6.34. The van der Waals surface area contributed by atoms with Gasteiger partial charge in [-0.25, -0.2) is 0 Å². The maximum Gasteiger partial charge on any atom is 0.310 e. The number of rotatable bonds is 1. The third-order valence-electron chi connectivity index (χ3n) is 4.86. The summed E-state index contributed by atoms with van der Waals surface area (Å²) in [4.78, 5) is 12.2. The SMILES string of the molecule is COC(=O)C1C2C=CC3/C2=C/c2cc(Cl)cc(Cl)c2OCC31. The van der Waals surface area contributed by atoms with E-state index in [0.29, 0.717) is 22.4 Å². The number of hydrogen-bond acceptors (Lipinski definition) is 3. The maximum atomic E-state index is 12.2. The van der Waals surface area contributed by atoms with Gasteiger partial charge in [0.1, 0.15) is 5.75 Å². The number of ether oxygens (including phenoxy) is 2. The third-order valence-corrected chi connectivity index (χ3v) is 5.36. The van der Waals surface area contributed by atoms with E-state index >= 15 is 0 Å². The van der Waals surface area contributed by atoms with Gasteiger partial charge < -0.3 is 9.47 Å². The van der Waals surface area contributed by atoms with Crippen LogP contribution in [0.4, 0.5) is 0 Å². The molecule has 4 unspecified atom stereocenters. The summed E-state index contributed by atoms with van der Waals surface area (Å²) in [7, 11) is 1.43. The van der Waals surface area contributed by atoms with Gasteiger partial charge in [-0.15, -0.1) is 0 Å². The van der Waals surface area contributed by atoms with Crippen LogP contribution in [0.5, 0.6) is 5.75 Å². The van der Waals surface area contributed by atoms with Crippen LogP contribution in [0, 0.1) is 23.7 Å². The molecule has 0 aromatic heterocycles. The van der Waals surface area contributed by atoms with Crippen molar-refractivity contribution in [3.8, 4) is 5.75 Å². The van der Waals surface area contributed by atoms with Gasteiger partial charge in [0.15, 0.2) is 0 Å². The molecule has 22 heavy (non-hydrogen) atoms. The summed E-state index contributed by atoms with van der Waals surface area (Å²) < 4.78 is 10.9. The van der Waals surface area contributed by atoms with E-state index < -0.39 is 0 Å². The Balaban J connectivity index is 1.84. The van der Waals surface area contributed by atoms with E-state index in [9.17, 15) is 4.79 Å². The Labute approximate surface area is 138 Å². The Hall–Kier alpha value is -1.45. The molecule has 2 aliphatic carbocycles. The lowest BCUT2D eigenvalue weighted by Gasteiger charge is -2.26. The lowest BCUT2D eigenvalue weighted by Crippen LogP contribution is -2.32. The van der Waals surface area contributed by atoms with Crippen molar-refractivity contribution in [3.63, 3.8) is 0 Å². The van der Waals surface area contributed by atoms with E-state index in [1.165, 1.54) is 12.7 Å². The first-order valence-corrected chi connectivity index (χ1v) is 7.95. The number of allylic oxidation sites excluding steroid dienone is 3. The first-order chi connectivity index (χ1) is 10.6. The van der Waals surface area contributed by atoms with Gasteiger partial charge in [0, 0.05) is 28.3 Å². The van der Waals surface area contributed by atoms with E-state index in [-0.39, 0.29) is 29.6 Å². The van der Waals surface area contributed by atoms with Crippen molar-refractivity contribution < 1.29 is 14.3 Å². The van der Waals surface area contributed by atoms with Gasteiger partial charge in [-0.2, -0.15) is 0 Å². The lowest BCUT2D eigenvalue weighted by molar-refractivity contribution is -0.148. The number of methoxy groups -OCH3 is 1. The molecular formula is C17H14Cl2O3. The zero-order valence-electron chi connectivity index (χ0n) is 11.9. The zero-order valence-corrected chi connectivity index (χ0v) is 13.4. The highest BCUT2D eigenvalue weighted by Gasteiger charge is 2.52. The van der Waals surface area contributed by atoms with E-state index in [4.69, 9.17) is 32.7 Å². The number of fused-ring (bicyclic) bond motifs is 1. The van der Waals surface area contributed by atoms with Crippen LogP contribution in [0.1, 0.15) is 5.56 Å². The van der Waals surface area contributed by atoms with Crippen molar-refractivity contribution in [2.45, 2.75) is 0 Å². The van der Waals surface area contributed by atoms with Gasteiger partial charge in [-0.1, -0.05) is 47.0 Å². The van der Waals surface area contributed by atoms with E-state index in [0.717, 1.165) is 5.56 Å². The van der Waals surface area contributed by atoms with Gasteiger partial charge in [0.25, 0.3) is 0 Å². The molecule has 1 aliphatic heterocycles. The summed E-state index contributed by atoms with van der Waals surface area (Å²) in [6.45, 7) is 0.441. The van der Waals surface area contributed by atoms with Crippen LogP contribution >= 0.6 is 23.2 Å². The molecule has 3 nitrogen and oxygen atoms in total. The third kappa shape index (κ3) is 1.92. The second kappa shape index (κ2) is 5.04. The Morgan fingerprint density at radius 1 is 1.27 bits per heavy atom. The summed E-state index contributed by atoms with van der Waals surface area (Å²) in [5.41, 5.74) is 2.10. The van der Waals surface area contributed by atoms with Crippen LogP contribution < -0.4 is 4.74 Å². The number of carbonyl (C=O) groups is 1. The second-order valence-electron chi connectivity index (χ2n) is 5.91. The molecular weight excluding hydrogens is 323 g/mol. The summed E-state index contributed by atoms with van der Waals surface area (Å²) in [5, 5.41) is 1.07. The zero-order chi connectivity index (χ0) is 15.4. The minimum atomic E-state index is -0.185. The molecule has 0 spiro atoms. The maximum absolute atomic E-state index is 12.2. The molecule has 4 atom stereocenters. The Morgan fingerprint density at radius 3 is 2.82 bits per heavy atom. The lowest BCUT2D eigenvalue weighted by atomic mass is 9.83. The number of carbonyl (C=O) groups excluding carboxylic acids is 1. The Morgan fingerprint density at radius 2 is 2.05 bits per heavy atom. The van der Waals surface area contributed by atoms with Gasteiger partial charge in [-0.3, -0.25) is 4.79 Å². The van der Waals surface area contributed by atoms with Gasteiger partial charge in [0.2, 0.25) is 0 Å². The number of benzene rings is 1. The summed E-state index contributed by atoms with van der Waals surface area (Å²) in [5.74, 6) is 0.669. The minimum absolute atomic E-state index is 0.0785. The van der Waals surface area contributed by atoms with E-state index in [2.05, 4.69) is 18.2 Å². The number of hydrogen-bond donors (Lipinski definition) is 0. The monoisotopic (exact) mass is 336 g/mol. The van der Waals surface area contributed by atoms with Crippen molar-refractivity contribution in [3.05, 3.63) is 45.5 Å². The number of halogens is 2. The molecule has 3 aliphatic rings. The van der Waals surface area contributed by atoms with Crippen LogP contribution in [-0.2, 0) is 9.53 Å². The molecule has 0 amide bonds. The van der Waals surface area contributed by atoms with Crippen LogP contribution in [0.2, 0.25) is 10.0 Å². The molecule has 4 rings (SSSR count). The fourth-order valence-electron chi connectivity index (χ4n) is 3.95. The molecule has 5 heteroatoms. The van der Waals surface area contributed by atoms with Gasteiger partial charge >= 0.3 is 5.97 Å². The molecule has 1 saturated carbocycles. The largest absolute Gasteiger partial charge is 0.491 e. The van der Waals surface area contributed by atoms with Crippen molar-refractivity contribution >= 4 is 35.2 Å². The predicted octanol–water partition coefficient (Wildman–Crippen LogP) is 3.99. The molecule has 1 aromatic rings. The van der Waals surface area contributed by atoms with Crippen LogP contribution in [0.25, 0.3) is 6.08 Å². The van der Waals surface area contributed by atoms with Gasteiger partial charge in [0.05, 0.1) is 24.7 Å². The Bertz CT molecular complexity index is 723. The first-order valence-electron chi connectivity index (χ1n) is 7.19. The standard InChI is InChI=1S/C17H14Cl2O3/c1-21-17(20)15-11-3-2-10-12(11)5-8-4-9(18)6-14(19)16(8)22-7-13(10)15/h2-6,10-11,13,15H,7H2,1H3/b12-5-. The molecule has 1 heterocycles. The molecule has 4 bridgehead atoms. The predicted molar refractivity (Wildman–Crippen MR) is 85.1 cm³/mol. The first kappa shape index (κ1) is 14.2. The normalized spacial score (nSPS) is 33.3. The van der Waals surface area contributed by atoms with Crippen molar-refractivity contribution in [2.75, 3.05) is 13.7 Å². The fraction of sp³-hybridized carbons (Fsp3) is 0.353. The van der Waals surface area contributed by atoms with Crippen LogP contribution in [-0.4, -0.2) is 19.7 Å². The second-order valence-corrected chi connectivity index (χ2v) is 6.75. The van der Waals surface area contributed by atoms with Crippen LogP contribution in [0.15, 0.2) is 29.9 Å². The molecule has 0 saturated heterocycles. The highest BCUT2D eigenvalue weighted by Crippen LogP contribution is 2.54. The molecule has 1 aromatic carbocycles. The smallest absolute Gasteiger partial charge is 0.310 e. The average Bonchev–Trinajstić information content (AvgIpc) is 2.99. The molecule has 114 valence electrons. The quantitative estimate of drug-likeness (QED) is 0.574. The van der Waals surface area contributed by atoms with E-state index in [1.54, 1.807) is 6.07 Å². The summed E-state index contributed by atoms with van der Waals surface area (Å²) >= 11 is 12.4. The van der Waals surface area contributed by atoms with Crippen molar-refractivity contribution in [2.24, 2.45) is 23.7 Å². The highest BCUT2D eigenvalue weighted by atomic mass is 35.5. The highest BCUT2D eigenvalue weighted by molar-refractivity contribution is 6.35. The Kier molecular flexibility index (Phi) is 3.24. The number of esters is 1. The van der Waals surface area contributed by atoms with Crippen LogP contribution in [0.3, 0.4) is 0 Å². The van der Waals surface area contributed by atoms with Gasteiger partial charge in [-0.05, 0) is 12.1 Å². The van der Waals surface area contributed by atoms with E-state index in [1.807, 2.05) is 6.07 Å². The topological polar surface area (TPSA) is 35.5 Å². The molecule has 0 N–H and O–H groups in total. The molecule has 1 fully saturated rings. The summed E-state index contributed by atoms with van der Waals surface area (Å²) in [6, 6.07) is 3.52. The molecule has 0 radical (unpaired) electrons. The average molecular weight is 337 g/mol. The van der Waals surface area contributed by atoms with Crippen molar-refractivity contribution in [1.82, 2.24) is 0 Å². The minimum Gasteiger partial charge on any atom is -0.491 e. The van der Waals surface area contributed by atoms with Crippen molar-refractivity contribution in [1.29, 1.82) is 0 Å².